The van der Waals surface area contributed by atoms with Gasteiger partial charge in [0.1, 0.15) is 6.61 Å². The van der Waals surface area contributed by atoms with Crippen LogP contribution < -0.4 is 5.32 Å². The number of amides is 1. The lowest BCUT2D eigenvalue weighted by atomic mass is 9.70. The van der Waals surface area contributed by atoms with E-state index in [4.69, 9.17) is 4.74 Å². The fourth-order valence-corrected chi connectivity index (χ4v) is 2.07. The van der Waals surface area contributed by atoms with Crippen LogP contribution in [0.1, 0.15) is 24.8 Å². The second-order valence-corrected chi connectivity index (χ2v) is 4.90. The first kappa shape index (κ1) is 12.9. The zero-order valence-corrected chi connectivity index (χ0v) is 10.3. The Morgan fingerprint density at radius 2 is 2.06 bits per heavy atom. The predicted octanol–water partition coefficient (Wildman–Crippen LogP) is 3.05. The molecular weight excluding hydrogens is 233 g/mol. The number of carbonyl (C=O) groups excluding carboxylic acids is 1. The molecule has 0 atom stereocenters. The Morgan fingerprint density at radius 1 is 1.33 bits per heavy atom. The van der Waals surface area contributed by atoms with Crippen molar-refractivity contribution in [1.29, 1.82) is 0 Å². The minimum Gasteiger partial charge on any atom is -0.445 e. The topological polar surface area (TPSA) is 38.3 Å². The van der Waals surface area contributed by atoms with Gasteiger partial charge in [0.05, 0.1) is 6.67 Å². The van der Waals surface area contributed by atoms with E-state index in [9.17, 15) is 9.18 Å². The summed E-state index contributed by atoms with van der Waals surface area (Å²) in [5.41, 5.74) is 0.614. The summed E-state index contributed by atoms with van der Waals surface area (Å²) in [6, 6.07) is 9.47. The molecule has 2 rings (SSSR count). The van der Waals surface area contributed by atoms with Crippen LogP contribution in [0.4, 0.5) is 9.18 Å². The van der Waals surface area contributed by atoms with Crippen molar-refractivity contribution in [3.63, 3.8) is 0 Å². The van der Waals surface area contributed by atoms with Crippen molar-refractivity contribution in [1.82, 2.24) is 5.32 Å². The first-order chi connectivity index (χ1) is 8.74. The molecule has 98 valence electrons. The Labute approximate surface area is 106 Å². The summed E-state index contributed by atoms with van der Waals surface area (Å²) in [5.74, 6) is 0. The van der Waals surface area contributed by atoms with Gasteiger partial charge in [0.2, 0.25) is 0 Å². The monoisotopic (exact) mass is 251 g/mol. The van der Waals surface area contributed by atoms with Crippen LogP contribution >= 0.6 is 0 Å². The molecule has 3 nitrogen and oxygen atoms in total. The van der Waals surface area contributed by atoms with Gasteiger partial charge in [-0.1, -0.05) is 36.8 Å². The van der Waals surface area contributed by atoms with Crippen LogP contribution in [0, 0.1) is 5.41 Å². The van der Waals surface area contributed by atoms with Crippen molar-refractivity contribution < 1.29 is 13.9 Å². The highest BCUT2D eigenvalue weighted by molar-refractivity contribution is 5.67. The van der Waals surface area contributed by atoms with Crippen LogP contribution in [0.25, 0.3) is 0 Å². The molecule has 4 heteroatoms. The SMILES string of the molecule is O=C(NCC1(CF)CCC1)OCc1ccccc1. The summed E-state index contributed by atoms with van der Waals surface area (Å²) < 4.78 is 17.9. The second kappa shape index (κ2) is 5.85. The number of halogens is 1. The van der Waals surface area contributed by atoms with Gasteiger partial charge in [-0.25, -0.2) is 4.79 Å². The molecule has 1 amide bonds. The first-order valence-corrected chi connectivity index (χ1v) is 6.25. The van der Waals surface area contributed by atoms with E-state index in [-0.39, 0.29) is 18.7 Å². The molecule has 18 heavy (non-hydrogen) atoms. The molecule has 0 aromatic heterocycles. The largest absolute Gasteiger partial charge is 0.445 e. The highest BCUT2D eigenvalue weighted by atomic mass is 19.1. The van der Waals surface area contributed by atoms with Crippen molar-refractivity contribution in [2.45, 2.75) is 25.9 Å². The van der Waals surface area contributed by atoms with Crippen LogP contribution in [-0.2, 0) is 11.3 Å². The molecule has 0 spiro atoms. The van der Waals surface area contributed by atoms with Gasteiger partial charge in [-0.3, -0.25) is 4.39 Å². The van der Waals surface area contributed by atoms with Crippen LogP contribution in [-0.4, -0.2) is 19.3 Å². The molecule has 0 unspecified atom stereocenters. The normalized spacial score (nSPS) is 16.7. The number of hydrogen-bond donors (Lipinski definition) is 1. The average molecular weight is 251 g/mol. The number of alkyl carbamates (subject to hydrolysis) is 1. The van der Waals surface area contributed by atoms with Crippen LogP contribution in [0.5, 0.6) is 0 Å². The van der Waals surface area contributed by atoms with E-state index in [0.29, 0.717) is 6.54 Å². The number of carbonyl (C=O) groups is 1. The molecule has 0 aliphatic heterocycles. The van der Waals surface area contributed by atoms with Crippen LogP contribution in [0.2, 0.25) is 0 Å². The minimum absolute atomic E-state index is 0.245. The molecule has 0 radical (unpaired) electrons. The summed E-state index contributed by atoms with van der Waals surface area (Å²) in [5, 5.41) is 2.65. The fourth-order valence-electron chi connectivity index (χ4n) is 2.07. The van der Waals surface area contributed by atoms with Gasteiger partial charge >= 0.3 is 6.09 Å². The number of alkyl halides is 1. The lowest BCUT2D eigenvalue weighted by molar-refractivity contribution is 0.0810. The second-order valence-electron chi connectivity index (χ2n) is 4.90. The van der Waals surface area contributed by atoms with E-state index in [1.54, 1.807) is 0 Å². The maximum absolute atomic E-state index is 12.8. The lowest BCUT2D eigenvalue weighted by Crippen LogP contribution is -2.43. The minimum atomic E-state index is -0.474. The summed E-state index contributed by atoms with van der Waals surface area (Å²) in [4.78, 5) is 11.5. The quantitative estimate of drug-likeness (QED) is 0.873. The Kier molecular flexibility index (Phi) is 4.18. The molecule has 0 heterocycles. The molecule has 1 aromatic rings. The Balaban J connectivity index is 1.69. The first-order valence-electron chi connectivity index (χ1n) is 6.25. The molecule has 1 N–H and O–H groups in total. The Hall–Kier alpha value is -1.58. The van der Waals surface area contributed by atoms with Crippen molar-refractivity contribution in [2.24, 2.45) is 5.41 Å². The van der Waals surface area contributed by atoms with Crippen molar-refractivity contribution in [3.05, 3.63) is 35.9 Å². The number of nitrogens with one attached hydrogen (secondary N) is 1. The number of benzene rings is 1. The maximum atomic E-state index is 12.8. The lowest BCUT2D eigenvalue weighted by Gasteiger charge is -2.39. The van der Waals surface area contributed by atoms with Gasteiger partial charge in [-0.2, -0.15) is 0 Å². The van der Waals surface area contributed by atoms with Gasteiger partial charge in [0.25, 0.3) is 0 Å². The van der Waals surface area contributed by atoms with Crippen LogP contribution in [0.3, 0.4) is 0 Å². The zero-order valence-electron chi connectivity index (χ0n) is 10.3. The standard InChI is InChI=1S/C14H18FNO2/c15-10-14(7-4-8-14)11-16-13(17)18-9-12-5-2-1-3-6-12/h1-3,5-6H,4,7-11H2,(H,16,17). The summed E-state index contributed by atoms with van der Waals surface area (Å²) in [7, 11) is 0. The molecule has 1 aliphatic carbocycles. The Bertz CT molecular complexity index is 385. The summed E-state index contributed by atoms with van der Waals surface area (Å²) in [6.45, 7) is 0.248. The maximum Gasteiger partial charge on any atom is 0.407 e. The van der Waals surface area contributed by atoms with E-state index >= 15 is 0 Å². The van der Waals surface area contributed by atoms with Gasteiger partial charge in [-0.15, -0.1) is 0 Å². The zero-order chi connectivity index (χ0) is 12.8. The van der Waals surface area contributed by atoms with E-state index in [1.807, 2.05) is 30.3 Å². The molecule has 1 fully saturated rings. The third-order valence-electron chi connectivity index (χ3n) is 3.52. The highest BCUT2D eigenvalue weighted by Crippen LogP contribution is 2.40. The third kappa shape index (κ3) is 3.22. The van der Waals surface area contributed by atoms with Crippen molar-refractivity contribution in [2.75, 3.05) is 13.2 Å². The van der Waals surface area contributed by atoms with Crippen molar-refractivity contribution in [3.8, 4) is 0 Å². The fraction of sp³-hybridized carbons (Fsp3) is 0.500. The Morgan fingerprint density at radius 3 is 2.61 bits per heavy atom. The molecule has 1 saturated carbocycles. The number of rotatable bonds is 5. The molecule has 0 saturated heterocycles. The summed E-state index contributed by atoms with van der Waals surface area (Å²) >= 11 is 0. The smallest absolute Gasteiger partial charge is 0.407 e. The predicted molar refractivity (Wildman–Crippen MR) is 66.9 cm³/mol. The van der Waals surface area contributed by atoms with E-state index in [2.05, 4.69) is 5.32 Å². The summed E-state index contributed by atoms with van der Waals surface area (Å²) in [6.07, 6.45) is 2.27. The molecule has 0 bridgehead atoms. The van der Waals surface area contributed by atoms with Gasteiger partial charge in [0, 0.05) is 12.0 Å². The van der Waals surface area contributed by atoms with Gasteiger partial charge < -0.3 is 10.1 Å². The number of hydrogen-bond acceptors (Lipinski definition) is 2. The molecular formula is C14H18FNO2. The van der Waals surface area contributed by atoms with E-state index < -0.39 is 6.09 Å². The van der Waals surface area contributed by atoms with Crippen molar-refractivity contribution >= 4 is 6.09 Å². The van der Waals surface area contributed by atoms with Gasteiger partial charge in [-0.05, 0) is 18.4 Å². The molecule has 1 aliphatic rings. The van der Waals surface area contributed by atoms with E-state index in [0.717, 1.165) is 24.8 Å². The van der Waals surface area contributed by atoms with Crippen LogP contribution in [0.15, 0.2) is 30.3 Å². The van der Waals surface area contributed by atoms with Gasteiger partial charge in [0.15, 0.2) is 0 Å². The molecule has 1 aromatic carbocycles. The highest BCUT2D eigenvalue weighted by Gasteiger charge is 2.37. The third-order valence-corrected chi connectivity index (χ3v) is 3.52. The average Bonchev–Trinajstić information content (AvgIpc) is 2.37. The number of ether oxygens (including phenoxy) is 1. The van der Waals surface area contributed by atoms with E-state index in [1.165, 1.54) is 0 Å².